The van der Waals surface area contributed by atoms with Gasteiger partial charge in [0.15, 0.2) is 5.82 Å². The first-order valence-corrected chi connectivity index (χ1v) is 5.86. The number of hydrogen-bond donors (Lipinski definition) is 3. The molecular formula is C12H12N6O. The van der Waals surface area contributed by atoms with Crippen molar-refractivity contribution in [1.82, 2.24) is 30.9 Å². The molecule has 3 N–H and O–H groups in total. The van der Waals surface area contributed by atoms with E-state index in [0.29, 0.717) is 11.4 Å². The smallest absolute Gasteiger partial charge is 0.254 e. The molecule has 0 saturated heterocycles. The number of para-hydroxylation sites is 1. The number of aromatic amines is 2. The van der Waals surface area contributed by atoms with Crippen LogP contribution in [-0.2, 0) is 0 Å². The first-order chi connectivity index (χ1) is 9.25. The van der Waals surface area contributed by atoms with Gasteiger partial charge in [0.05, 0.1) is 11.6 Å². The van der Waals surface area contributed by atoms with Crippen molar-refractivity contribution in [3.8, 4) is 0 Å². The monoisotopic (exact) mass is 256 g/mol. The Hall–Kier alpha value is -2.70. The Morgan fingerprint density at radius 3 is 3.00 bits per heavy atom. The maximum Gasteiger partial charge on any atom is 0.254 e. The van der Waals surface area contributed by atoms with Crippen molar-refractivity contribution in [3.63, 3.8) is 0 Å². The molecule has 3 aromatic rings. The molecule has 0 radical (unpaired) electrons. The quantitative estimate of drug-likeness (QED) is 0.655. The molecule has 0 aliphatic carbocycles. The summed E-state index contributed by atoms with van der Waals surface area (Å²) >= 11 is 0. The maximum absolute atomic E-state index is 12.2. The minimum Gasteiger partial charge on any atom is -0.360 e. The Morgan fingerprint density at radius 1 is 1.37 bits per heavy atom. The first kappa shape index (κ1) is 11.4. The molecule has 0 aliphatic heterocycles. The summed E-state index contributed by atoms with van der Waals surface area (Å²) in [4.78, 5) is 15.3. The molecule has 2 aromatic heterocycles. The highest BCUT2D eigenvalue weighted by molar-refractivity contribution is 6.06. The minimum absolute atomic E-state index is 0.172. The highest BCUT2D eigenvalue weighted by atomic mass is 16.1. The van der Waals surface area contributed by atoms with Crippen LogP contribution < -0.4 is 5.32 Å². The van der Waals surface area contributed by atoms with Crippen molar-refractivity contribution in [2.45, 2.75) is 13.0 Å². The van der Waals surface area contributed by atoms with Crippen molar-refractivity contribution >= 4 is 16.8 Å². The number of hydrogen-bond acceptors (Lipinski definition) is 4. The fourth-order valence-electron chi connectivity index (χ4n) is 1.95. The molecule has 7 nitrogen and oxygen atoms in total. The van der Waals surface area contributed by atoms with Crippen molar-refractivity contribution in [2.24, 2.45) is 0 Å². The number of tetrazole rings is 1. The van der Waals surface area contributed by atoms with Gasteiger partial charge >= 0.3 is 0 Å². The van der Waals surface area contributed by atoms with Gasteiger partial charge in [0.2, 0.25) is 0 Å². The van der Waals surface area contributed by atoms with Gasteiger partial charge in [-0.05, 0) is 13.0 Å². The highest BCUT2D eigenvalue weighted by Crippen LogP contribution is 2.18. The summed E-state index contributed by atoms with van der Waals surface area (Å²) in [5.41, 5.74) is 1.53. The molecule has 1 unspecified atom stereocenters. The van der Waals surface area contributed by atoms with Crippen LogP contribution in [0.1, 0.15) is 29.1 Å². The van der Waals surface area contributed by atoms with Crippen LogP contribution in [0.3, 0.4) is 0 Å². The predicted molar refractivity (Wildman–Crippen MR) is 68.4 cm³/mol. The van der Waals surface area contributed by atoms with Gasteiger partial charge in [-0.1, -0.05) is 23.4 Å². The molecule has 7 heteroatoms. The van der Waals surface area contributed by atoms with E-state index in [1.807, 2.05) is 24.3 Å². The third-order valence-corrected chi connectivity index (χ3v) is 2.93. The Balaban J connectivity index is 1.84. The summed E-state index contributed by atoms with van der Waals surface area (Å²) in [6.45, 7) is 1.80. The molecular weight excluding hydrogens is 244 g/mol. The molecule has 3 rings (SSSR count). The van der Waals surface area contributed by atoms with Gasteiger partial charge in [0.25, 0.3) is 5.91 Å². The topological polar surface area (TPSA) is 99.4 Å². The second-order valence-electron chi connectivity index (χ2n) is 4.21. The van der Waals surface area contributed by atoms with E-state index >= 15 is 0 Å². The molecule has 1 aromatic carbocycles. The van der Waals surface area contributed by atoms with Crippen molar-refractivity contribution in [1.29, 1.82) is 0 Å². The van der Waals surface area contributed by atoms with E-state index < -0.39 is 0 Å². The Bertz CT molecular complexity index is 702. The number of nitrogens with one attached hydrogen (secondary N) is 3. The first-order valence-electron chi connectivity index (χ1n) is 5.86. The molecule has 0 spiro atoms. The van der Waals surface area contributed by atoms with E-state index in [9.17, 15) is 4.79 Å². The van der Waals surface area contributed by atoms with Crippen LogP contribution >= 0.6 is 0 Å². The average molecular weight is 256 g/mol. The highest BCUT2D eigenvalue weighted by Gasteiger charge is 2.17. The summed E-state index contributed by atoms with van der Waals surface area (Å²) in [6, 6.07) is 7.34. The van der Waals surface area contributed by atoms with E-state index in [2.05, 4.69) is 30.9 Å². The lowest BCUT2D eigenvalue weighted by atomic mass is 10.1. The van der Waals surface area contributed by atoms with E-state index in [4.69, 9.17) is 0 Å². The number of rotatable bonds is 3. The molecule has 19 heavy (non-hydrogen) atoms. The number of H-pyrrole nitrogens is 2. The number of carbonyl (C=O) groups excluding carboxylic acids is 1. The molecule has 96 valence electrons. The normalized spacial score (nSPS) is 12.5. The summed E-state index contributed by atoms with van der Waals surface area (Å²) in [7, 11) is 0. The number of amides is 1. The van der Waals surface area contributed by atoms with Crippen LogP contribution in [0.5, 0.6) is 0 Å². The number of benzene rings is 1. The van der Waals surface area contributed by atoms with E-state index in [1.165, 1.54) is 0 Å². The molecule has 2 heterocycles. The van der Waals surface area contributed by atoms with Gasteiger partial charge < -0.3 is 10.3 Å². The lowest BCUT2D eigenvalue weighted by Gasteiger charge is -2.09. The summed E-state index contributed by atoms with van der Waals surface area (Å²) in [5.74, 6) is 0.281. The van der Waals surface area contributed by atoms with Crippen molar-refractivity contribution < 1.29 is 4.79 Å². The average Bonchev–Trinajstić information content (AvgIpc) is 3.08. The van der Waals surface area contributed by atoms with Gasteiger partial charge in [-0.15, -0.1) is 10.2 Å². The third kappa shape index (κ3) is 2.05. The van der Waals surface area contributed by atoms with Gasteiger partial charge in [-0.25, -0.2) is 0 Å². The molecule has 0 bridgehead atoms. The number of aromatic nitrogens is 5. The van der Waals surface area contributed by atoms with Gasteiger partial charge in [0.1, 0.15) is 0 Å². The molecule has 0 aliphatic rings. The number of carbonyl (C=O) groups is 1. The zero-order valence-electron chi connectivity index (χ0n) is 10.2. The minimum atomic E-state index is -0.306. The fourth-order valence-corrected chi connectivity index (χ4v) is 1.95. The van der Waals surface area contributed by atoms with Crippen LogP contribution in [0, 0.1) is 0 Å². The molecule has 1 amide bonds. The van der Waals surface area contributed by atoms with Gasteiger partial charge in [-0.3, -0.25) is 4.79 Å². The van der Waals surface area contributed by atoms with Crippen LogP contribution in [0.4, 0.5) is 0 Å². The van der Waals surface area contributed by atoms with Gasteiger partial charge in [0, 0.05) is 17.1 Å². The van der Waals surface area contributed by atoms with E-state index in [0.717, 1.165) is 10.9 Å². The largest absolute Gasteiger partial charge is 0.360 e. The second-order valence-corrected chi connectivity index (χ2v) is 4.21. The summed E-state index contributed by atoms with van der Waals surface area (Å²) < 4.78 is 0. The zero-order chi connectivity index (χ0) is 13.2. The lowest BCUT2D eigenvalue weighted by Crippen LogP contribution is -2.27. The van der Waals surface area contributed by atoms with Gasteiger partial charge in [-0.2, -0.15) is 5.21 Å². The second kappa shape index (κ2) is 4.52. The molecule has 0 fully saturated rings. The van der Waals surface area contributed by atoms with Crippen LogP contribution in [0.2, 0.25) is 0 Å². The lowest BCUT2D eigenvalue weighted by molar-refractivity contribution is 0.0940. The number of fused-ring (bicyclic) bond motifs is 1. The van der Waals surface area contributed by atoms with Crippen molar-refractivity contribution in [2.75, 3.05) is 0 Å². The Morgan fingerprint density at radius 2 is 2.21 bits per heavy atom. The van der Waals surface area contributed by atoms with Crippen LogP contribution in [0.15, 0.2) is 30.5 Å². The van der Waals surface area contributed by atoms with Crippen LogP contribution in [0.25, 0.3) is 10.9 Å². The third-order valence-electron chi connectivity index (χ3n) is 2.93. The van der Waals surface area contributed by atoms with Crippen molar-refractivity contribution in [3.05, 3.63) is 41.9 Å². The predicted octanol–water partition coefficient (Wildman–Crippen LogP) is 1.17. The van der Waals surface area contributed by atoms with Crippen LogP contribution in [-0.4, -0.2) is 31.5 Å². The zero-order valence-corrected chi connectivity index (χ0v) is 10.2. The fraction of sp³-hybridized carbons (Fsp3) is 0.167. The molecule has 1 atom stereocenters. The van der Waals surface area contributed by atoms with E-state index in [-0.39, 0.29) is 11.9 Å². The molecule has 0 saturated carbocycles. The standard InChI is InChI=1S/C12H12N6O/c1-7(11-15-17-18-16-11)14-12(19)9-6-13-10-5-3-2-4-8(9)10/h2-7,13H,1H3,(H,14,19)(H,15,16,17,18). The maximum atomic E-state index is 12.2. The SMILES string of the molecule is CC(NC(=O)c1c[nH]c2ccccc12)c1nn[nH]n1. The summed E-state index contributed by atoms with van der Waals surface area (Å²) in [6.07, 6.45) is 1.70. The van der Waals surface area contributed by atoms with E-state index in [1.54, 1.807) is 13.1 Å². The number of nitrogens with zero attached hydrogens (tertiary/aromatic N) is 3. The summed E-state index contributed by atoms with van der Waals surface area (Å²) in [5, 5.41) is 17.2. The Kier molecular flexibility index (Phi) is 2.71. The Labute approximate surface area is 108 Å².